The Bertz CT molecular complexity index is 846. The van der Waals surface area contributed by atoms with Crippen molar-refractivity contribution in [1.82, 2.24) is 34.8 Å². The highest BCUT2D eigenvalue weighted by molar-refractivity contribution is 6.28. The number of fused-ring (bicyclic) bond motifs is 1. The van der Waals surface area contributed by atoms with Gasteiger partial charge in [0.2, 0.25) is 11.2 Å². The molecule has 11 heteroatoms. The summed E-state index contributed by atoms with van der Waals surface area (Å²) in [5, 5.41) is 18.3. The summed E-state index contributed by atoms with van der Waals surface area (Å²) in [7, 11) is 0. The van der Waals surface area contributed by atoms with Gasteiger partial charge in [-0.25, -0.2) is 14.6 Å². The molecule has 1 saturated carbocycles. The van der Waals surface area contributed by atoms with Crippen LogP contribution in [0.2, 0.25) is 5.28 Å². The van der Waals surface area contributed by atoms with Gasteiger partial charge in [-0.3, -0.25) is 14.7 Å². The molecule has 2 aromatic rings. The van der Waals surface area contributed by atoms with Crippen LogP contribution in [0.1, 0.15) is 69.0 Å². The van der Waals surface area contributed by atoms with Gasteiger partial charge in [-0.1, -0.05) is 13.8 Å². The first-order valence-corrected chi connectivity index (χ1v) is 10.2. The first kappa shape index (κ1) is 21.2. The van der Waals surface area contributed by atoms with Crippen molar-refractivity contribution in [3.8, 4) is 0 Å². The van der Waals surface area contributed by atoms with E-state index in [2.05, 4.69) is 29.0 Å². The Morgan fingerprint density at radius 1 is 1.34 bits per heavy atom. The molecule has 0 bridgehead atoms. The van der Waals surface area contributed by atoms with Crippen molar-refractivity contribution in [3.05, 3.63) is 22.8 Å². The normalized spacial score (nSPS) is 18.2. The van der Waals surface area contributed by atoms with Crippen LogP contribution < -0.4 is 0 Å². The van der Waals surface area contributed by atoms with Gasteiger partial charge in [0, 0.05) is 25.3 Å². The van der Waals surface area contributed by atoms with E-state index < -0.39 is 0 Å². The number of hydrogen-bond acceptors (Lipinski definition) is 6. The Morgan fingerprint density at radius 2 is 2.07 bits per heavy atom. The summed E-state index contributed by atoms with van der Waals surface area (Å²) in [6, 6.07) is -0.00503. The number of nitrogens with zero attached hydrogens (tertiary/aromatic N) is 6. The number of aryl methyl sites for hydroxylation is 1. The van der Waals surface area contributed by atoms with Crippen LogP contribution in [0.25, 0.3) is 0 Å². The number of nitrogens with one attached hydrogen (secondary N) is 1. The number of amides is 1. The molecule has 0 spiro atoms. The first-order valence-electron chi connectivity index (χ1n) is 9.81. The topological polar surface area (TPSA) is 130 Å². The smallest absolute Gasteiger partial charge is 0.290 e. The molecule has 2 N–H and O–H groups in total. The van der Waals surface area contributed by atoms with E-state index in [0.29, 0.717) is 43.6 Å². The van der Waals surface area contributed by atoms with E-state index in [1.165, 1.54) is 12.8 Å². The lowest BCUT2D eigenvalue weighted by Crippen LogP contribution is -2.43. The number of halogens is 1. The van der Waals surface area contributed by atoms with Gasteiger partial charge >= 0.3 is 0 Å². The molecule has 158 valence electrons. The minimum Gasteiger partial charge on any atom is -0.483 e. The maximum atomic E-state index is 12.9. The summed E-state index contributed by atoms with van der Waals surface area (Å²) >= 11 is 5.73. The molecule has 0 saturated heterocycles. The third-order valence-electron chi connectivity index (χ3n) is 4.98. The van der Waals surface area contributed by atoms with Crippen molar-refractivity contribution in [3.63, 3.8) is 0 Å². The number of H-pyrrole nitrogens is 1. The zero-order valence-electron chi connectivity index (χ0n) is 16.6. The summed E-state index contributed by atoms with van der Waals surface area (Å²) in [5.41, 5.74) is 0. The van der Waals surface area contributed by atoms with Crippen LogP contribution in [-0.2, 0) is 22.6 Å². The van der Waals surface area contributed by atoms with E-state index >= 15 is 0 Å². The Morgan fingerprint density at radius 3 is 2.66 bits per heavy atom. The van der Waals surface area contributed by atoms with Crippen molar-refractivity contribution in [1.29, 1.82) is 0 Å². The zero-order chi connectivity index (χ0) is 21.0. The summed E-state index contributed by atoms with van der Waals surface area (Å²) < 4.78 is 2.01. The minimum absolute atomic E-state index is 0.00503. The fourth-order valence-electron chi connectivity index (χ4n) is 3.53. The predicted molar refractivity (Wildman–Crippen MR) is 104 cm³/mol. The van der Waals surface area contributed by atoms with Gasteiger partial charge in [0.25, 0.3) is 6.47 Å². The molecule has 1 fully saturated rings. The van der Waals surface area contributed by atoms with E-state index in [1.54, 1.807) is 0 Å². The summed E-state index contributed by atoms with van der Waals surface area (Å²) in [6.07, 6.45) is 4.14. The molecule has 0 aromatic carbocycles. The van der Waals surface area contributed by atoms with Crippen molar-refractivity contribution >= 4 is 24.0 Å². The maximum Gasteiger partial charge on any atom is 0.290 e. The largest absolute Gasteiger partial charge is 0.483 e. The van der Waals surface area contributed by atoms with Crippen molar-refractivity contribution in [2.24, 2.45) is 5.92 Å². The molecular formula is C18H26ClN7O3. The third-order valence-corrected chi connectivity index (χ3v) is 5.15. The molecule has 0 unspecified atom stereocenters. The molecule has 2 aliphatic rings. The fraction of sp³-hybridized carbons (Fsp3) is 0.667. The molecular weight excluding hydrogens is 398 g/mol. The number of rotatable bonds is 6. The van der Waals surface area contributed by atoms with Crippen molar-refractivity contribution < 1.29 is 14.7 Å². The van der Waals surface area contributed by atoms with Crippen LogP contribution in [-0.4, -0.2) is 58.9 Å². The first-order chi connectivity index (χ1) is 13.9. The Balaban J connectivity index is 0.000000755. The van der Waals surface area contributed by atoms with Gasteiger partial charge in [0.05, 0.1) is 12.6 Å². The Hall–Kier alpha value is -2.49. The monoisotopic (exact) mass is 423 g/mol. The number of carbonyl (C=O) groups is 2. The summed E-state index contributed by atoms with van der Waals surface area (Å²) in [6.45, 7) is 5.49. The quantitative estimate of drug-likeness (QED) is 0.681. The molecule has 3 heterocycles. The van der Waals surface area contributed by atoms with Crippen LogP contribution in [0.15, 0.2) is 0 Å². The van der Waals surface area contributed by atoms with E-state index in [0.717, 1.165) is 18.1 Å². The average Bonchev–Trinajstić information content (AvgIpc) is 3.29. The average molecular weight is 424 g/mol. The summed E-state index contributed by atoms with van der Waals surface area (Å²) in [5.74, 6) is 3.65. The lowest BCUT2D eigenvalue weighted by Gasteiger charge is -2.36. The van der Waals surface area contributed by atoms with Gasteiger partial charge in [0.15, 0.2) is 5.82 Å². The SMILES string of the molecule is CC(C)C[C@H]1c2nc(C3CC3)nn2CCN1C(=O)CCc1nc(Cl)n[nH]1.O=CO. The molecule has 1 aliphatic carbocycles. The van der Waals surface area contributed by atoms with Crippen LogP contribution in [0, 0.1) is 5.92 Å². The molecule has 1 aliphatic heterocycles. The van der Waals surface area contributed by atoms with Gasteiger partial charge in [0.1, 0.15) is 11.6 Å². The Labute approximate surface area is 173 Å². The molecule has 10 nitrogen and oxygen atoms in total. The highest BCUT2D eigenvalue weighted by atomic mass is 35.5. The highest BCUT2D eigenvalue weighted by Crippen LogP contribution is 2.40. The molecule has 29 heavy (non-hydrogen) atoms. The van der Waals surface area contributed by atoms with Gasteiger partial charge in [-0.2, -0.15) is 5.10 Å². The fourth-order valence-corrected chi connectivity index (χ4v) is 3.67. The van der Waals surface area contributed by atoms with Gasteiger partial charge in [-0.15, -0.1) is 5.10 Å². The van der Waals surface area contributed by atoms with Crippen LogP contribution in [0.3, 0.4) is 0 Å². The van der Waals surface area contributed by atoms with Gasteiger partial charge in [-0.05, 0) is 36.8 Å². The van der Waals surface area contributed by atoms with E-state index in [4.69, 9.17) is 31.6 Å². The zero-order valence-corrected chi connectivity index (χ0v) is 17.3. The number of aromatic nitrogens is 6. The third kappa shape index (κ3) is 5.31. The molecule has 4 rings (SSSR count). The lowest BCUT2D eigenvalue weighted by molar-refractivity contribution is -0.135. The molecule has 2 aromatic heterocycles. The number of carbonyl (C=O) groups excluding carboxylic acids is 1. The second kappa shape index (κ2) is 9.34. The highest BCUT2D eigenvalue weighted by Gasteiger charge is 2.36. The minimum atomic E-state index is -0.250. The Kier molecular flexibility index (Phi) is 6.83. The molecule has 0 radical (unpaired) electrons. The van der Waals surface area contributed by atoms with E-state index in [1.807, 2.05) is 9.58 Å². The number of carboxylic acid groups (broad SMARTS) is 1. The lowest BCUT2D eigenvalue weighted by atomic mass is 9.99. The van der Waals surface area contributed by atoms with Crippen LogP contribution >= 0.6 is 11.6 Å². The van der Waals surface area contributed by atoms with E-state index in [-0.39, 0.29) is 23.7 Å². The number of hydrogen-bond donors (Lipinski definition) is 2. The second-order valence-electron chi connectivity index (χ2n) is 7.71. The van der Waals surface area contributed by atoms with Gasteiger partial charge < -0.3 is 10.0 Å². The van der Waals surface area contributed by atoms with Crippen molar-refractivity contribution in [2.45, 2.75) is 64.5 Å². The van der Waals surface area contributed by atoms with Crippen LogP contribution in [0.5, 0.6) is 0 Å². The van der Waals surface area contributed by atoms with Crippen molar-refractivity contribution in [2.75, 3.05) is 6.54 Å². The second-order valence-corrected chi connectivity index (χ2v) is 8.05. The van der Waals surface area contributed by atoms with Crippen LogP contribution in [0.4, 0.5) is 0 Å². The standard InChI is InChI=1S/C17H24ClN7O.CH2O2/c1-10(2)9-12-16-20-15(11-3-4-11)23-25(16)8-7-24(12)14(26)6-5-13-19-17(18)22-21-13;2-1-3/h10-12H,3-9H2,1-2H3,(H,19,21,22);1H,(H,2,3)/t12-;/m0./s1. The summed E-state index contributed by atoms with van der Waals surface area (Å²) in [4.78, 5) is 32.1. The predicted octanol–water partition coefficient (Wildman–Crippen LogP) is 2.19. The molecule has 1 amide bonds. The van der Waals surface area contributed by atoms with E-state index in [9.17, 15) is 4.79 Å². The molecule has 1 atom stereocenters. The number of aromatic amines is 1. The maximum absolute atomic E-state index is 12.9.